The van der Waals surface area contributed by atoms with Crippen LogP contribution >= 0.6 is 11.8 Å². The number of para-hydroxylation sites is 1. The van der Waals surface area contributed by atoms with Crippen LogP contribution < -0.4 is 24.4 Å². The molecule has 196 valence electrons. The second kappa shape index (κ2) is 11.9. The number of carbonyl (C=O) groups excluding carboxylic acids is 2. The van der Waals surface area contributed by atoms with Crippen LogP contribution in [0.5, 0.6) is 17.2 Å². The molecule has 1 N–H and O–H groups in total. The molecule has 0 aliphatic carbocycles. The van der Waals surface area contributed by atoms with Crippen molar-refractivity contribution in [2.75, 3.05) is 31.5 Å². The van der Waals surface area contributed by atoms with E-state index in [1.165, 1.54) is 38.0 Å². The molecule has 4 rings (SSSR count). The second-order valence-electron chi connectivity index (χ2n) is 8.46. The van der Waals surface area contributed by atoms with E-state index in [9.17, 15) is 9.59 Å². The molecule has 2 amide bonds. The maximum Gasteiger partial charge on any atom is 0.283 e. The van der Waals surface area contributed by atoms with Gasteiger partial charge in [-0.15, -0.1) is 0 Å². The minimum Gasteiger partial charge on any atom is -0.496 e. The number of hydrogen-bond donors (Lipinski definition) is 1. The maximum atomic E-state index is 13.6. The summed E-state index contributed by atoms with van der Waals surface area (Å²) < 4.78 is 16.3. The number of amides is 2. The highest BCUT2D eigenvalue weighted by atomic mass is 32.2. The van der Waals surface area contributed by atoms with Crippen molar-refractivity contribution in [3.8, 4) is 17.2 Å². The number of benzene rings is 3. The third-order valence-corrected chi connectivity index (χ3v) is 6.89. The lowest BCUT2D eigenvalue weighted by Gasteiger charge is -2.20. The Balaban J connectivity index is 1.67. The largest absolute Gasteiger partial charge is 0.496 e. The first-order valence-electron chi connectivity index (χ1n) is 11.9. The fraction of sp³-hybridized carbons (Fsp3) is 0.207. The predicted octanol–water partition coefficient (Wildman–Crippen LogP) is 5.52. The van der Waals surface area contributed by atoms with Crippen molar-refractivity contribution in [3.63, 3.8) is 0 Å². The van der Waals surface area contributed by atoms with Crippen LogP contribution in [0.2, 0.25) is 0 Å². The van der Waals surface area contributed by atoms with Gasteiger partial charge in [-0.25, -0.2) is 4.99 Å². The Morgan fingerprint density at radius 1 is 0.947 bits per heavy atom. The van der Waals surface area contributed by atoms with Crippen LogP contribution in [0.1, 0.15) is 18.1 Å². The summed E-state index contributed by atoms with van der Waals surface area (Å²) in [6.07, 6.45) is 1.64. The van der Waals surface area contributed by atoms with Crippen molar-refractivity contribution >= 4 is 46.2 Å². The molecule has 38 heavy (non-hydrogen) atoms. The number of anilines is 2. The molecule has 0 radical (unpaired) electrons. The molecular formula is C29H29N3O5S. The van der Waals surface area contributed by atoms with Crippen LogP contribution in [0.3, 0.4) is 0 Å². The summed E-state index contributed by atoms with van der Waals surface area (Å²) >= 11 is 1.21. The molecule has 1 atom stereocenters. The lowest BCUT2D eigenvalue weighted by molar-refractivity contribution is -0.115. The SMILES string of the molecule is COc1cc(OC)c(OC)cc1/C=C1\N=C(SC(C)C(=O)Nc2ccc(C)cc2)N(c2ccccc2)C1=O. The lowest BCUT2D eigenvalue weighted by atomic mass is 10.1. The van der Waals surface area contributed by atoms with Gasteiger partial charge < -0.3 is 19.5 Å². The molecule has 8 nitrogen and oxygen atoms in total. The van der Waals surface area contributed by atoms with E-state index >= 15 is 0 Å². The summed E-state index contributed by atoms with van der Waals surface area (Å²) in [7, 11) is 4.61. The smallest absolute Gasteiger partial charge is 0.283 e. The number of hydrogen-bond acceptors (Lipinski definition) is 7. The van der Waals surface area contributed by atoms with Gasteiger partial charge in [0.1, 0.15) is 11.4 Å². The minimum absolute atomic E-state index is 0.194. The number of methoxy groups -OCH3 is 3. The first-order valence-corrected chi connectivity index (χ1v) is 12.8. The maximum absolute atomic E-state index is 13.6. The van der Waals surface area contributed by atoms with Crippen molar-refractivity contribution in [2.24, 2.45) is 4.99 Å². The van der Waals surface area contributed by atoms with Gasteiger partial charge in [0, 0.05) is 17.3 Å². The summed E-state index contributed by atoms with van der Waals surface area (Å²) in [6, 6.07) is 20.2. The number of ether oxygens (including phenoxy) is 3. The lowest BCUT2D eigenvalue weighted by Crippen LogP contribution is -2.33. The fourth-order valence-corrected chi connectivity index (χ4v) is 4.71. The Kier molecular flexibility index (Phi) is 8.38. The third kappa shape index (κ3) is 5.84. The highest BCUT2D eigenvalue weighted by molar-refractivity contribution is 8.15. The molecule has 1 heterocycles. The number of nitrogens with zero attached hydrogens (tertiary/aromatic N) is 2. The molecule has 1 unspecified atom stereocenters. The molecule has 0 saturated carbocycles. The monoisotopic (exact) mass is 531 g/mol. The highest BCUT2D eigenvalue weighted by Gasteiger charge is 2.34. The number of aryl methyl sites for hydroxylation is 1. The van der Waals surface area contributed by atoms with Crippen LogP contribution in [0.15, 0.2) is 77.4 Å². The molecule has 1 aliphatic rings. The van der Waals surface area contributed by atoms with Crippen molar-refractivity contribution < 1.29 is 23.8 Å². The summed E-state index contributed by atoms with van der Waals surface area (Å²) in [5.74, 6) is 0.979. The Labute approximate surface area is 226 Å². The van der Waals surface area contributed by atoms with Crippen LogP contribution in [0, 0.1) is 6.92 Å². The van der Waals surface area contributed by atoms with Crippen molar-refractivity contribution in [1.29, 1.82) is 0 Å². The Hall–Kier alpha value is -4.24. The summed E-state index contributed by atoms with van der Waals surface area (Å²) in [4.78, 5) is 32.7. The Morgan fingerprint density at radius 3 is 2.21 bits per heavy atom. The molecule has 0 bridgehead atoms. The van der Waals surface area contributed by atoms with Crippen LogP contribution in [0.25, 0.3) is 6.08 Å². The number of rotatable bonds is 8. The standard InChI is InChI=1S/C29H29N3O5S/c1-18-11-13-21(14-12-18)30-27(33)19(2)38-29-31-23(28(34)32(29)22-9-7-6-8-10-22)15-20-16-25(36-4)26(37-5)17-24(20)35-3/h6-17,19H,1-5H3,(H,30,33)/b23-15-. The van der Waals surface area contributed by atoms with E-state index in [0.717, 1.165) is 5.56 Å². The van der Waals surface area contributed by atoms with Crippen molar-refractivity contribution in [1.82, 2.24) is 0 Å². The summed E-state index contributed by atoms with van der Waals surface area (Å²) in [5, 5.41) is 2.80. The minimum atomic E-state index is -0.524. The quantitative estimate of drug-likeness (QED) is 0.385. The molecule has 0 saturated heterocycles. The van der Waals surface area contributed by atoms with Gasteiger partial charge in [-0.1, -0.05) is 47.7 Å². The molecule has 1 aliphatic heterocycles. The van der Waals surface area contributed by atoms with Crippen molar-refractivity contribution in [2.45, 2.75) is 19.1 Å². The first kappa shape index (κ1) is 26.8. The Morgan fingerprint density at radius 2 is 1.58 bits per heavy atom. The average Bonchev–Trinajstić information content (AvgIpc) is 3.23. The van der Waals surface area contributed by atoms with Crippen LogP contribution in [0.4, 0.5) is 11.4 Å². The molecule has 9 heteroatoms. The molecule has 0 fully saturated rings. The highest BCUT2D eigenvalue weighted by Crippen LogP contribution is 2.37. The number of amidine groups is 1. The van der Waals surface area contributed by atoms with Gasteiger partial charge in [-0.3, -0.25) is 14.5 Å². The van der Waals surface area contributed by atoms with E-state index in [4.69, 9.17) is 14.2 Å². The second-order valence-corrected chi connectivity index (χ2v) is 9.77. The van der Waals surface area contributed by atoms with Gasteiger partial charge in [0.15, 0.2) is 16.7 Å². The zero-order chi connectivity index (χ0) is 27.2. The van der Waals surface area contributed by atoms with Crippen LogP contribution in [-0.2, 0) is 9.59 Å². The molecule has 0 aromatic heterocycles. The van der Waals surface area contributed by atoms with E-state index in [1.807, 2.05) is 61.5 Å². The fourth-order valence-electron chi connectivity index (χ4n) is 3.79. The number of aliphatic imine (C=N–C) groups is 1. The zero-order valence-corrected chi connectivity index (χ0v) is 22.7. The topological polar surface area (TPSA) is 89.5 Å². The number of thioether (sulfide) groups is 1. The van der Waals surface area contributed by atoms with Gasteiger partial charge in [-0.05, 0) is 50.3 Å². The van der Waals surface area contributed by atoms with Gasteiger partial charge in [0.05, 0.1) is 32.3 Å². The van der Waals surface area contributed by atoms with E-state index in [1.54, 1.807) is 25.1 Å². The Bertz CT molecular complexity index is 1390. The molecule has 3 aromatic rings. The van der Waals surface area contributed by atoms with E-state index in [0.29, 0.717) is 39.4 Å². The van der Waals surface area contributed by atoms with E-state index in [2.05, 4.69) is 10.3 Å². The molecular weight excluding hydrogens is 502 g/mol. The van der Waals surface area contributed by atoms with Gasteiger partial charge in [0.2, 0.25) is 5.91 Å². The van der Waals surface area contributed by atoms with Gasteiger partial charge >= 0.3 is 0 Å². The summed E-state index contributed by atoms with van der Waals surface area (Å²) in [5.41, 5.74) is 3.26. The van der Waals surface area contributed by atoms with Crippen LogP contribution in [-0.4, -0.2) is 43.6 Å². The normalized spacial score (nSPS) is 14.8. The van der Waals surface area contributed by atoms with Crippen molar-refractivity contribution in [3.05, 3.63) is 83.6 Å². The van der Waals surface area contributed by atoms with Gasteiger partial charge in [-0.2, -0.15) is 0 Å². The molecule has 0 spiro atoms. The van der Waals surface area contributed by atoms with E-state index in [-0.39, 0.29) is 17.5 Å². The third-order valence-electron chi connectivity index (χ3n) is 5.84. The molecule has 3 aromatic carbocycles. The zero-order valence-electron chi connectivity index (χ0n) is 21.8. The summed E-state index contributed by atoms with van der Waals surface area (Å²) in [6.45, 7) is 3.77. The average molecular weight is 532 g/mol. The van der Waals surface area contributed by atoms with Gasteiger partial charge in [0.25, 0.3) is 5.91 Å². The number of nitrogens with one attached hydrogen (secondary N) is 1. The first-order chi connectivity index (χ1) is 18.3. The predicted molar refractivity (Wildman–Crippen MR) is 152 cm³/mol. The van der Waals surface area contributed by atoms with E-state index < -0.39 is 5.25 Å². The number of carbonyl (C=O) groups is 2.